The summed E-state index contributed by atoms with van der Waals surface area (Å²) in [5, 5.41) is 9.73. The summed E-state index contributed by atoms with van der Waals surface area (Å²) in [5.41, 5.74) is 0.841. The Morgan fingerprint density at radius 2 is 1.73 bits per heavy atom. The molecule has 0 unspecified atom stereocenters. The van der Waals surface area contributed by atoms with E-state index in [1.54, 1.807) is 25.3 Å². The van der Waals surface area contributed by atoms with Crippen molar-refractivity contribution in [1.29, 1.82) is 0 Å². The van der Waals surface area contributed by atoms with Crippen molar-refractivity contribution in [2.45, 2.75) is 38.4 Å². The number of fused-ring (bicyclic) bond motifs is 4. The standard InChI is InChI=1S/C28H22ClF3N4O2.C2HF3O2/c1-15-3-2-4-24(36-14-34-23(13-25(36)37)26-20(31)7-6-19(29)27(26)32)22-11-16(9-10-33-22)18-12-17(30)5-8-21(18)35-28(15)38;3-2(4,5)1(6)7/h5-15,24H,2-4H2,1H3,(H,35,38);(H,6,7)/t15-,24+;/m1./s1. The number of aliphatic carboxylic acids is 1. The summed E-state index contributed by atoms with van der Waals surface area (Å²) in [6.45, 7) is 1.80. The Labute approximate surface area is 256 Å². The molecule has 2 bridgehead atoms. The Bertz CT molecular complexity index is 1810. The van der Waals surface area contributed by atoms with Crippen molar-refractivity contribution in [3.63, 3.8) is 0 Å². The van der Waals surface area contributed by atoms with Crippen LogP contribution in [0, 0.1) is 23.4 Å². The van der Waals surface area contributed by atoms with Gasteiger partial charge in [0.25, 0.3) is 5.56 Å². The molecule has 236 valence electrons. The minimum Gasteiger partial charge on any atom is -0.475 e. The van der Waals surface area contributed by atoms with Crippen molar-refractivity contribution in [2.24, 2.45) is 5.92 Å². The van der Waals surface area contributed by atoms with Gasteiger partial charge in [-0.2, -0.15) is 13.2 Å². The molecule has 1 aliphatic heterocycles. The lowest BCUT2D eigenvalue weighted by Gasteiger charge is -2.23. The van der Waals surface area contributed by atoms with E-state index >= 15 is 0 Å². The number of carboxylic acids is 1. The van der Waals surface area contributed by atoms with Gasteiger partial charge in [-0.15, -0.1) is 0 Å². The second-order valence-electron chi connectivity index (χ2n) is 10.0. The van der Waals surface area contributed by atoms with E-state index in [1.165, 1.54) is 29.1 Å². The van der Waals surface area contributed by atoms with Gasteiger partial charge in [-0.05, 0) is 60.9 Å². The van der Waals surface area contributed by atoms with Gasteiger partial charge in [-0.3, -0.25) is 19.1 Å². The zero-order chi connectivity index (χ0) is 33.1. The molecule has 0 saturated heterocycles. The third-order valence-corrected chi connectivity index (χ3v) is 7.24. The van der Waals surface area contributed by atoms with Crippen LogP contribution < -0.4 is 10.9 Å². The van der Waals surface area contributed by atoms with Gasteiger partial charge in [-0.25, -0.2) is 22.9 Å². The Morgan fingerprint density at radius 1 is 1.02 bits per heavy atom. The number of halogens is 7. The molecule has 2 atom stereocenters. The third kappa shape index (κ3) is 7.69. The van der Waals surface area contributed by atoms with E-state index in [0.717, 1.165) is 18.2 Å². The molecule has 2 N–H and O–H groups in total. The quantitative estimate of drug-likeness (QED) is 0.178. The fourth-order valence-corrected chi connectivity index (χ4v) is 4.80. The maximum absolute atomic E-state index is 14.6. The molecule has 45 heavy (non-hydrogen) atoms. The average Bonchev–Trinajstić information content (AvgIpc) is 2.98. The van der Waals surface area contributed by atoms with Gasteiger partial charge in [0.2, 0.25) is 5.91 Å². The zero-order valence-corrected chi connectivity index (χ0v) is 24.0. The van der Waals surface area contributed by atoms with E-state index in [-0.39, 0.29) is 22.5 Å². The van der Waals surface area contributed by atoms with E-state index in [4.69, 9.17) is 21.5 Å². The topological polar surface area (TPSA) is 114 Å². The number of carbonyl (C=O) groups excluding carboxylic acids is 1. The number of benzene rings is 2. The Balaban J connectivity index is 0.000000591. The van der Waals surface area contributed by atoms with Crippen molar-refractivity contribution in [2.75, 3.05) is 5.32 Å². The first-order valence-electron chi connectivity index (χ1n) is 13.3. The summed E-state index contributed by atoms with van der Waals surface area (Å²) in [6.07, 6.45) is -0.770. The summed E-state index contributed by atoms with van der Waals surface area (Å²) in [5.74, 6) is -5.66. The van der Waals surface area contributed by atoms with Gasteiger partial charge in [0.05, 0.1) is 34.3 Å². The fraction of sp³-hybridized carbons (Fsp3) is 0.233. The molecule has 8 nitrogen and oxygen atoms in total. The normalized spacial score (nSPS) is 16.7. The predicted molar refractivity (Wildman–Crippen MR) is 152 cm³/mol. The molecule has 15 heteroatoms. The van der Waals surface area contributed by atoms with Gasteiger partial charge in [-0.1, -0.05) is 24.9 Å². The van der Waals surface area contributed by atoms with Crippen molar-refractivity contribution < 1.29 is 41.0 Å². The van der Waals surface area contributed by atoms with Gasteiger partial charge < -0.3 is 10.4 Å². The van der Waals surface area contributed by atoms with Crippen molar-refractivity contribution in [3.8, 4) is 22.4 Å². The fourth-order valence-electron chi connectivity index (χ4n) is 4.64. The largest absolute Gasteiger partial charge is 0.490 e. The molecule has 0 radical (unpaired) electrons. The smallest absolute Gasteiger partial charge is 0.475 e. The van der Waals surface area contributed by atoms with E-state index in [9.17, 15) is 35.9 Å². The number of carbonyl (C=O) groups is 2. The number of aromatic nitrogens is 3. The summed E-state index contributed by atoms with van der Waals surface area (Å²) >= 11 is 5.81. The highest BCUT2D eigenvalue weighted by atomic mass is 35.5. The van der Waals surface area contributed by atoms with Crippen LogP contribution in [0.1, 0.15) is 37.9 Å². The molecule has 2 aromatic carbocycles. The number of rotatable bonds is 2. The molecular weight excluding hydrogens is 630 g/mol. The SMILES string of the molecule is C[C@@H]1CCC[C@H](n2cnc(-c3c(F)ccc(Cl)c3F)cc2=O)c2cc(ccn2)-c2cc(F)ccc2NC1=O.O=C(O)C(F)(F)F. The third-order valence-electron chi connectivity index (χ3n) is 6.95. The zero-order valence-electron chi connectivity index (χ0n) is 23.2. The van der Waals surface area contributed by atoms with Crippen LogP contribution in [0.2, 0.25) is 5.02 Å². The lowest BCUT2D eigenvalue weighted by Crippen LogP contribution is -2.27. The second-order valence-corrected chi connectivity index (χ2v) is 10.4. The maximum Gasteiger partial charge on any atom is 0.490 e. The van der Waals surface area contributed by atoms with Crippen LogP contribution in [0.4, 0.5) is 32.0 Å². The molecule has 0 spiro atoms. The van der Waals surface area contributed by atoms with E-state index in [2.05, 4.69) is 15.3 Å². The highest BCUT2D eigenvalue weighted by molar-refractivity contribution is 6.31. The molecule has 1 amide bonds. The van der Waals surface area contributed by atoms with Crippen molar-refractivity contribution in [3.05, 3.63) is 99.6 Å². The summed E-state index contributed by atoms with van der Waals surface area (Å²) in [6, 6.07) is 10.1. The minimum absolute atomic E-state index is 0.187. The molecule has 2 aromatic heterocycles. The van der Waals surface area contributed by atoms with Gasteiger partial charge >= 0.3 is 12.1 Å². The highest BCUT2D eigenvalue weighted by Crippen LogP contribution is 2.34. The van der Waals surface area contributed by atoms with Gasteiger partial charge in [0.1, 0.15) is 11.6 Å². The molecule has 0 fully saturated rings. The monoisotopic (exact) mass is 652 g/mol. The number of anilines is 1. The highest BCUT2D eigenvalue weighted by Gasteiger charge is 2.38. The van der Waals surface area contributed by atoms with Crippen LogP contribution in [0.3, 0.4) is 0 Å². The molecule has 0 aliphatic carbocycles. The van der Waals surface area contributed by atoms with Crippen molar-refractivity contribution in [1.82, 2.24) is 14.5 Å². The number of nitrogens with one attached hydrogen (secondary N) is 1. The number of nitrogens with zero attached hydrogens (tertiary/aromatic N) is 3. The Hall–Kier alpha value is -4.72. The number of alkyl halides is 3. The first kappa shape index (κ1) is 33.2. The van der Waals surface area contributed by atoms with Crippen LogP contribution in [0.5, 0.6) is 0 Å². The number of pyridine rings is 1. The lowest BCUT2D eigenvalue weighted by atomic mass is 9.95. The van der Waals surface area contributed by atoms with Crippen LogP contribution >= 0.6 is 11.6 Å². The maximum atomic E-state index is 14.6. The molecule has 5 rings (SSSR count). The van der Waals surface area contributed by atoms with E-state index in [1.807, 2.05) is 0 Å². The van der Waals surface area contributed by atoms with Crippen LogP contribution in [-0.2, 0) is 9.59 Å². The Morgan fingerprint density at radius 3 is 2.40 bits per heavy atom. The summed E-state index contributed by atoms with van der Waals surface area (Å²) in [7, 11) is 0. The minimum atomic E-state index is -5.08. The molecule has 1 aliphatic rings. The molecular formula is C30H23ClF6N4O4. The average molecular weight is 653 g/mol. The molecule has 3 heterocycles. The first-order chi connectivity index (χ1) is 21.2. The van der Waals surface area contributed by atoms with Crippen molar-refractivity contribution >= 4 is 29.2 Å². The number of amides is 1. The van der Waals surface area contributed by atoms with Crippen LogP contribution in [0.15, 0.2) is 65.8 Å². The molecule has 4 aromatic rings. The summed E-state index contributed by atoms with van der Waals surface area (Å²) < 4.78 is 76.2. The lowest BCUT2D eigenvalue weighted by molar-refractivity contribution is -0.192. The Kier molecular flexibility index (Phi) is 9.96. The summed E-state index contributed by atoms with van der Waals surface area (Å²) in [4.78, 5) is 43.6. The molecule has 0 saturated carbocycles. The number of hydrogen-bond donors (Lipinski definition) is 2. The van der Waals surface area contributed by atoms with Crippen LogP contribution in [0.25, 0.3) is 22.4 Å². The number of carboxylic acid groups (broad SMARTS) is 1. The first-order valence-corrected chi connectivity index (χ1v) is 13.6. The van der Waals surface area contributed by atoms with Crippen LogP contribution in [-0.4, -0.2) is 37.7 Å². The van der Waals surface area contributed by atoms with Gasteiger partial charge in [0, 0.05) is 29.4 Å². The second kappa shape index (κ2) is 13.5. The van der Waals surface area contributed by atoms with E-state index < -0.39 is 46.8 Å². The van der Waals surface area contributed by atoms with E-state index in [0.29, 0.717) is 41.8 Å². The predicted octanol–water partition coefficient (Wildman–Crippen LogP) is 7.02. The number of hydrogen-bond acceptors (Lipinski definition) is 5. The van der Waals surface area contributed by atoms with Gasteiger partial charge in [0.15, 0.2) is 5.82 Å².